The molecule has 1 aromatic carbocycles. The average molecular weight is 253 g/mol. The summed E-state index contributed by atoms with van der Waals surface area (Å²) in [5.41, 5.74) is 5.20. The van der Waals surface area contributed by atoms with E-state index >= 15 is 0 Å². The molecule has 0 aliphatic heterocycles. The Bertz CT molecular complexity index is 726. The molecule has 1 N–H and O–H groups in total. The zero-order valence-corrected chi connectivity index (χ0v) is 11.2. The predicted octanol–water partition coefficient (Wildman–Crippen LogP) is 3.25. The Balaban J connectivity index is 2.35. The molecule has 0 saturated heterocycles. The molecule has 2 heterocycles. The van der Waals surface area contributed by atoms with E-state index < -0.39 is 0 Å². The highest BCUT2D eigenvalue weighted by Crippen LogP contribution is 2.35. The van der Waals surface area contributed by atoms with Gasteiger partial charge >= 0.3 is 0 Å². The second kappa shape index (κ2) is 4.39. The van der Waals surface area contributed by atoms with Gasteiger partial charge in [-0.2, -0.15) is 0 Å². The van der Waals surface area contributed by atoms with Crippen molar-refractivity contribution in [1.29, 1.82) is 0 Å². The van der Waals surface area contributed by atoms with E-state index in [1.165, 1.54) is 0 Å². The maximum absolute atomic E-state index is 5.37. The van der Waals surface area contributed by atoms with Crippen LogP contribution in [0.25, 0.3) is 22.0 Å². The van der Waals surface area contributed by atoms with E-state index in [1.807, 2.05) is 26.1 Å². The van der Waals surface area contributed by atoms with Gasteiger partial charge in [0.2, 0.25) is 0 Å². The number of hydrogen-bond donors (Lipinski definition) is 1. The van der Waals surface area contributed by atoms with Crippen molar-refractivity contribution in [2.24, 2.45) is 0 Å². The number of nitrogens with one attached hydrogen (secondary N) is 1. The van der Waals surface area contributed by atoms with Gasteiger partial charge in [0.1, 0.15) is 12.1 Å². The zero-order valence-electron chi connectivity index (χ0n) is 11.2. The van der Waals surface area contributed by atoms with Gasteiger partial charge < -0.3 is 9.72 Å². The minimum absolute atomic E-state index is 0.843. The average Bonchev–Trinajstić information content (AvgIpc) is 2.88. The van der Waals surface area contributed by atoms with Crippen LogP contribution in [0.15, 0.2) is 30.7 Å². The fourth-order valence-corrected chi connectivity index (χ4v) is 2.50. The highest BCUT2D eigenvalue weighted by molar-refractivity contribution is 5.99. The summed E-state index contributed by atoms with van der Waals surface area (Å²) in [6.45, 7) is 4.01. The molecule has 2 aromatic heterocycles. The van der Waals surface area contributed by atoms with Gasteiger partial charge in [0, 0.05) is 28.5 Å². The first-order chi connectivity index (χ1) is 9.22. The van der Waals surface area contributed by atoms with Gasteiger partial charge in [-0.15, -0.1) is 0 Å². The van der Waals surface area contributed by atoms with Crippen LogP contribution in [0, 0.1) is 13.8 Å². The molecule has 0 atom stereocenters. The summed E-state index contributed by atoms with van der Waals surface area (Å²) in [7, 11) is 1.68. The zero-order chi connectivity index (χ0) is 13.4. The monoisotopic (exact) mass is 253 g/mol. The van der Waals surface area contributed by atoms with E-state index in [-0.39, 0.29) is 0 Å². The van der Waals surface area contributed by atoms with E-state index in [0.29, 0.717) is 0 Å². The number of H-pyrrole nitrogens is 1. The van der Waals surface area contributed by atoms with Gasteiger partial charge in [0.25, 0.3) is 0 Å². The molecule has 4 nitrogen and oxygen atoms in total. The number of benzene rings is 1. The SMILES string of the molecule is COc1ccc(-c2c(C)ncnc2C)c2cc[nH]c12. The van der Waals surface area contributed by atoms with Crippen LogP contribution in [0.2, 0.25) is 0 Å². The number of ether oxygens (including phenoxy) is 1. The van der Waals surface area contributed by atoms with Gasteiger partial charge in [0.05, 0.1) is 12.6 Å². The molecule has 4 heteroatoms. The maximum Gasteiger partial charge on any atom is 0.142 e. The second-order valence-corrected chi connectivity index (χ2v) is 4.50. The molecule has 19 heavy (non-hydrogen) atoms. The largest absolute Gasteiger partial charge is 0.495 e. The first kappa shape index (κ1) is 11.7. The number of nitrogens with zero attached hydrogens (tertiary/aromatic N) is 2. The van der Waals surface area contributed by atoms with Crippen LogP contribution < -0.4 is 4.74 Å². The number of rotatable bonds is 2. The summed E-state index contributed by atoms with van der Waals surface area (Å²) in [4.78, 5) is 11.8. The van der Waals surface area contributed by atoms with E-state index in [2.05, 4.69) is 27.1 Å². The Kier molecular flexibility index (Phi) is 2.71. The van der Waals surface area contributed by atoms with Crippen LogP contribution in [0.5, 0.6) is 5.75 Å². The van der Waals surface area contributed by atoms with Crippen molar-refractivity contribution in [3.05, 3.63) is 42.1 Å². The summed E-state index contributed by atoms with van der Waals surface area (Å²) in [5, 5.41) is 1.13. The van der Waals surface area contributed by atoms with Gasteiger partial charge in [-0.05, 0) is 37.6 Å². The standard InChI is InChI=1S/C15H15N3O/c1-9-14(10(2)18-8-17-9)11-4-5-13(19-3)15-12(11)6-7-16-15/h4-8,16H,1-3H3. The topological polar surface area (TPSA) is 50.8 Å². The van der Waals surface area contributed by atoms with Gasteiger partial charge in [-0.3, -0.25) is 0 Å². The van der Waals surface area contributed by atoms with Crippen molar-refractivity contribution in [1.82, 2.24) is 15.0 Å². The van der Waals surface area contributed by atoms with Crippen molar-refractivity contribution >= 4 is 10.9 Å². The van der Waals surface area contributed by atoms with Crippen LogP contribution in [-0.2, 0) is 0 Å². The van der Waals surface area contributed by atoms with E-state index in [1.54, 1.807) is 13.4 Å². The van der Waals surface area contributed by atoms with Gasteiger partial charge in [0.15, 0.2) is 0 Å². The highest BCUT2D eigenvalue weighted by atomic mass is 16.5. The van der Waals surface area contributed by atoms with Crippen molar-refractivity contribution < 1.29 is 4.74 Å². The van der Waals surface area contributed by atoms with Crippen LogP contribution in [0.3, 0.4) is 0 Å². The fourth-order valence-electron chi connectivity index (χ4n) is 2.50. The molecule has 0 saturated carbocycles. The lowest BCUT2D eigenvalue weighted by atomic mass is 9.99. The number of aromatic amines is 1. The minimum Gasteiger partial charge on any atom is -0.495 e. The van der Waals surface area contributed by atoms with Crippen LogP contribution >= 0.6 is 0 Å². The first-order valence-electron chi connectivity index (χ1n) is 6.15. The summed E-state index contributed by atoms with van der Waals surface area (Å²) >= 11 is 0. The summed E-state index contributed by atoms with van der Waals surface area (Å²) < 4.78 is 5.37. The molecule has 3 rings (SSSR count). The number of methoxy groups -OCH3 is 1. The quantitative estimate of drug-likeness (QED) is 0.762. The Morgan fingerprint density at radius 3 is 2.47 bits per heavy atom. The maximum atomic E-state index is 5.37. The van der Waals surface area contributed by atoms with E-state index in [0.717, 1.165) is 39.2 Å². The van der Waals surface area contributed by atoms with Gasteiger partial charge in [-0.1, -0.05) is 0 Å². The molecular formula is C15H15N3O. The van der Waals surface area contributed by atoms with Gasteiger partial charge in [-0.25, -0.2) is 9.97 Å². The normalized spacial score (nSPS) is 10.9. The molecule has 0 aliphatic carbocycles. The number of fused-ring (bicyclic) bond motifs is 1. The predicted molar refractivity (Wildman–Crippen MR) is 75.4 cm³/mol. The number of hydrogen-bond acceptors (Lipinski definition) is 3. The lowest BCUT2D eigenvalue weighted by molar-refractivity contribution is 0.419. The molecule has 0 fully saturated rings. The molecule has 0 aliphatic rings. The smallest absolute Gasteiger partial charge is 0.142 e. The number of aryl methyl sites for hydroxylation is 2. The van der Waals surface area contributed by atoms with Crippen molar-refractivity contribution in [3.8, 4) is 16.9 Å². The molecule has 0 radical (unpaired) electrons. The molecule has 3 aromatic rings. The number of aromatic nitrogens is 3. The molecule has 96 valence electrons. The second-order valence-electron chi connectivity index (χ2n) is 4.50. The lowest BCUT2D eigenvalue weighted by Gasteiger charge is -2.11. The fraction of sp³-hybridized carbons (Fsp3) is 0.200. The molecular weight excluding hydrogens is 238 g/mol. The lowest BCUT2D eigenvalue weighted by Crippen LogP contribution is -1.95. The van der Waals surface area contributed by atoms with Crippen LogP contribution in [0.4, 0.5) is 0 Å². The van der Waals surface area contributed by atoms with E-state index in [4.69, 9.17) is 4.74 Å². The van der Waals surface area contributed by atoms with Crippen molar-refractivity contribution in [3.63, 3.8) is 0 Å². The third-order valence-electron chi connectivity index (χ3n) is 3.40. The van der Waals surface area contributed by atoms with Crippen molar-refractivity contribution in [2.75, 3.05) is 7.11 Å². The molecule has 0 spiro atoms. The summed E-state index contributed by atoms with van der Waals surface area (Å²) in [6.07, 6.45) is 3.52. The van der Waals surface area contributed by atoms with Crippen molar-refractivity contribution in [2.45, 2.75) is 13.8 Å². The summed E-state index contributed by atoms with van der Waals surface area (Å²) in [5.74, 6) is 0.843. The third-order valence-corrected chi connectivity index (χ3v) is 3.40. The Labute approximate surface area is 111 Å². The Hall–Kier alpha value is -2.36. The Morgan fingerprint density at radius 1 is 1.05 bits per heavy atom. The Morgan fingerprint density at radius 2 is 1.79 bits per heavy atom. The first-order valence-corrected chi connectivity index (χ1v) is 6.15. The molecule has 0 bridgehead atoms. The van der Waals surface area contributed by atoms with E-state index in [9.17, 15) is 0 Å². The molecule has 0 unspecified atom stereocenters. The van der Waals surface area contributed by atoms with Crippen LogP contribution in [-0.4, -0.2) is 22.1 Å². The van der Waals surface area contributed by atoms with Crippen LogP contribution in [0.1, 0.15) is 11.4 Å². The summed E-state index contributed by atoms with van der Waals surface area (Å²) in [6, 6.07) is 6.09. The minimum atomic E-state index is 0.843. The third kappa shape index (κ3) is 1.76. The molecule has 0 amide bonds. The highest BCUT2D eigenvalue weighted by Gasteiger charge is 2.13.